The first kappa shape index (κ1) is 14.0. The number of para-hydroxylation sites is 1. The van der Waals surface area contributed by atoms with Crippen LogP contribution in [0.5, 0.6) is 0 Å². The highest BCUT2D eigenvalue weighted by Gasteiger charge is 2.14. The molecular formula is C17H13N3O2S. The van der Waals surface area contributed by atoms with Crippen molar-refractivity contribution in [2.45, 2.75) is 5.88 Å². The van der Waals surface area contributed by atoms with E-state index in [1.54, 1.807) is 30.0 Å². The number of nitrogens with zero attached hydrogens (tertiary/aromatic N) is 3. The minimum Gasteiger partial charge on any atom is -0.478 e. The molecule has 0 aliphatic heterocycles. The lowest BCUT2D eigenvalue weighted by atomic mass is 10.2. The summed E-state index contributed by atoms with van der Waals surface area (Å²) in [5.41, 5.74) is 4.25. The average Bonchev–Trinajstić information content (AvgIpc) is 2.86. The van der Waals surface area contributed by atoms with Crippen LogP contribution in [0.4, 0.5) is 0 Å². The Morgan fingerprint density at radius 2 is 2.00 bits per heavy atom. The number of aromatic nitrogens is 3. The van der Waals surface area contributed by atoms with E-state index in [1.807, 2.05) is 24.5 Å². The zero-order chi connectivity index (χ0) is 16.0. The lowest BCUT2D eigenvalue weighted by Gasteiger charge is -2.04. The number of fused-ring (bicyclic) bond motifs is 4. The van der Waals surface area contributed by atoms with E-state index < -0.39 is 5.97 Å². The van der Waals surface area contributed by atoms with Crippen LogP contribution in [0.15, 0.2) is 42.5 Å². The van der Waals surface area contributed by atoms with E-state index in [-0.39, 0.29) is 5.56 Å². The largest absolute Gasteiger partial charge is 0.478 e. The minimum atomic E-state index is -0.960. The van der Waals surface area contributed by atoms with E-state index in [0.29, 0.717) is 11.0 Å². The molecule has 6 heteroatoms. The first-order valence-electron chi connectivity index (χ1n) is 7.10. The standard InChI is InChI=1S/C17H13N3O2S/c1-23-9-20-14-5-3-2-4-11(14)15-16(20)19-13-8-10(17(21)22)6-7-12(13)18-15/h2-8H,9H2,1H3,(H,21,22). The van der Waals surface area contributed by atoms with Crippen molar-refractivity contribution in [1.29, 1.82) is 0 Å². The fourth-order valence-corrected chi connectivity index (χ4v) is 3.35. The maximum atomic E-state index is 11.2. The van der Waals surface area contributed by atoms with E-state index in [4.69, 9.17) is 15.1 Å². The van der Waals surface area contributed by atoms with Gasteiger partial charge in [-0.05, 0) is 30.5 Å². The second-order valence-corrected chi connectivity index (χ2v) is 6.10. The van der Waals surface area contributed by atoms with Crippen molar-refractivity contribution < 1.29 is 9.90 Å². The van der Waals surface area contributed by atoms with E-state index in [9.17, 15) is 4.79 Å². The molecule has 0 aliphatic rings. The van der Waals surface area contributed by atoms with Crippen LogP contribution in [0.2, 0.25) is 0 Å². The molecule has 2 heterocycles. The number of carboxylic acids is 1. The Balaban J connectivity index is 2.13. The molecule has 0 unspecified atom stereocenters. The summed E-state index contributed by atoms with van der Waals surface area (Å²) in [5, 5.41) is 10.2. The maximum absolute atomic E-state index is 11.2. The van der Waals surface area contributed by atoms with Gasteiger partial charge in [-0.2, -0.15) is 0 Å². The van der Waals surface area contributed by atoms with Gasteiger partial charge >= 0.3 is 5.97 Å². The Labute approximate surface area is 136 Å². The van der Waals surface area contributed by atoms with Crippen LogP contribution in [0.25, 0.3) is 33.1 Å². The molecule has 4 rings (SSSR count). The number of hydrogen-bond acceptors (Lipinski definition) is 4. The summed E-state index contributed by atoms with van der Waals surface area (Å²) in [6.07, 6.45) is 2.04. The number of aromatic carboxylic acids is 1. The van der Waals surface area contributed by atoms with E-state index in [0.717, 1.165) is 27.9 Å². The Bertz CT molecular complexity index is 1070. The van der Waals surface area contributed by atoms with Gasteiger partial charge in [0.1, 0.15) is 5.52 Å². The highest BCUT2D eigenvalue weighted by atomic mass is 32.2. The van der Waals surface area contributed by atoms with Gasteiger partial charge in [0.15, 0.2) is 5.65 Å². The van der Waals surface area contributed by atoms with Crippen molar-refractivity contribution in [2.24, 2.45) is 0 Å². The minimum absolute atomic E-state index is 0.221. The number of carboxylic acid groups (broad SMARTS) is 1. The molecule has 0 radical (unpaired) electrons. The van der Waals surface area contributed by atoms with Crippen LogP contribution >= 0.6 is 11.8 Å². The third-order valence-electron chi connectivity index (χ3n) is 3.86. The predicted molar refractivity (Wildman–Crippen MR) is 93.0 cm³/mol. The van der Waals surface area contributed by atoms with Crippen molar-refractivity contribution in [3.63, 3.8) is 0 Å². The summed E-state index contributed by atoms with van der Waals surface area (Å²) >= 11 is 1.70. The van der Waals surface area contributed by atoms with E-state index >= 15 is 0 Å². The monoisotopic (exact) mass is 323 g/mol. The number of thioether (sulfide) groups is 1. The average molecular weight is 323 g/mol. The summed E-state index contributed by atoms with van der Waals surface area (Å²) in [6, 6.07) is 12.9. The molecule has 2 aromatic heterocycles. The topological polar surface area (TPSA) is 68.0 Å². The molecule has 1 N–H and O–H groups in total. The molecule has 2 aromatic carbocycles. The molecule has 0 spiro atoms. The quantitative estimate of drug-likeness (QED) is 0.622. The molecule has 0 amide bonds. The Hall–Kier alpha value is -2.60. The molecule has 0 saturated carbocycles. The molecule has 4 aromatic rings. The zero-order valence-electron chi connectivity index (χ0n) is 12.4. The number of carbonyl (C=O) groups is 1. The fraction of sp³-hybridized carbons (Fsp3) is 0.118. The van der Waals surface area contributed by atoms with Crippen molar-refractivity contribution in [1.82, 2.24) is 14.5 Å². The van der Waals surface area contributed by atoms with Gasteiger partial charge in [0.2, 0.25) is 0 Å². The molecule has 5 nitrogen and oxygen atoms in total. The summed E-state index contributed by atoms with van der Waals surface area (Å²) in [5.74, 6) is -0.193. The van der Waals surface area contributed by atoms with Gasteiger partial charge in [-0.25, -0.2) is 14.8 Å². The van der Waals surface area contributed by atoms with Crippen LogP contribution < -0.4 is 0 Å². The second kappa shape index (κ2) is 5.24. The van der Waals surface area contributed by atoms with E-state index in [1.165, 1.54) is 0 Å². The van der Waals surface area contributed by atoms with Gasteiger partial charge in [0.25, 0.3) is 0 Å². The second-order valence-electron chi connectivity index (χ2n) is 5.27. The molecule has 23 heavy (non-hydrogen) atoms. The van der Waals surface area contributed by atoms with E-state index in [2.05, 4.69) is 10.6 Å². The smallest absolute Gasteiger partial charge is 0.335 e. The number of hydrogen-bond donors (Lipinski definition) is 1. The summed E-state index contributed by atoms with van der Waals surface area (Å²) < 4.78 is 2.12. The Kier molecular flexibility index (Phi) is 3.20. The molecule has 0 aliphatic carbocycles. The molecule has 0 atom stereocenters. The summed E-state index contributed by atoms with van der Waals surface area (Å²) in [4.78, 5) is 20.6. The number of rotatable bonds is 3. The van der Waals surface area contributed by atoms with Crippen molar-refractivity contribution >= 4 is 50.8 Å². The van der Waals surface area contributed by atoms with Gasteiger partial charge in [0.05, 0.1) is 28.0 Å². The lowest BCUT2D eigenvalue weighted by Crippen LogP contribution is -1.99. The van der Waals surface area contributed by atoms with Gasteiger partial charge in [-0.1, -0.05) is 18.2 Å². The molecule has 0 saturated heterocycles. The van der Waals surface area contributed by atoms with Crippen LogP contribution in [-0.2, 0) is 5.88 Å². The van der Waals surface area contributed by atoms with Crippen molar-refractivity contribution in [3.05, 3.63) is 48.0 Å². The summed E-state index contributed by atoms with van der Waals surface area (Å²) in [7, 11) is 0. The first-order valence-corrected chi connectivity index (χ1v) is 8.49. The fourth-order valence-electron chi connectivity index (χ4n) is 2.83. The first-order chi connectivity index (χ1) is 11.2. The van der Waals surface area contributed by atoms with Gasteiger partial charge in [-0.15, -0.1) is 11.8 Å². The molecular weight excluding hydrogens is 310 g/mol. The highest BCUT2D eigenvalue weighted by molar-refractivity contribution is 7.97. The van der Waals surface area contributed by atoms with Gasteiger partial charge in [0, 0.05) is 5.39 Å². The Morgan fingerprint density at radius 3 is 2.78 bits per heavy atom. The van der Waals surface area contributed by atoms with Crippen LogP contribution in [0.1, 0.15) is 10.4 Å². The van der Waals surface area contributed by atoms with Crippen LogP contribution in [0, 0.1) is 0 Å². The lowest BCUT2D eigenvalue weighted by molar-refractivity contribution is 0.0697. The number of benzene rings is 2. The molecule has 0 fully saturated rings. The third kappa shape index (κ3) is 2.14. The van der Waals surface area contributed by atoms with Crippen molar-refractivity contribution in [2.75, 3.05) is 6.26 Å². The van der Waals surface area contributed by atoms with Gasteiger partial charge < -0.3 is 9.67 Å². The van der Waals surface area contributed by atoms with Crippen LogP contribution in [0.3, 0.4) is 0 Å². The predicted octanol–water partition coefficient (Wildman–Crippen LogP) is 3.76. The van der Waals surface area contributed by atoms with Crippen molar-refractivity contribution in [3.8, 4) is 0 Å². The van der Waals surface area contributed by atoms with Gasteiger partial charge in [-0.3, -0.25) is 0 Å². The SMILES string of the molecule is CSCn1c2ccccc2c2nc3ccc(C(=O)O)cc3nc21. The molecule has 114 valence electrons. The van der Waals surface area contributed by atoms with Crippen LogP contribution in [-0.4, -0.2) is 31.9 Å². The molecule has 0 bridgehead atoms. The maximum Gasteiger partial charge on any atom is 0.335 e. The Morgan fingerprint density at radius 1 is 1.17 bits per heavy atom. The third-order valence-corrected chi connectivity index (χ3v) is 4.37. The highest BCUT2D eigenvalue weighted by Crippen LogP contribution is 2.29. The summed E-state index contributed by atoms with van der Waals surface area (Å²) in [6.45, 7) is 0. The zero-order valence-corrected chi connectivity index (χ0v) is 13.2. The normalized spacial score (nSPS) is 11.5.